The summed E-state index contributed by atoms with van der Waals surface area (Å²) in [5, 5.41) is 8.80. The van der Waals surface area contributed by atoms with E-state index in [9.17, 15) is 9.59 Å². The Morgan fingerprint density at radius 1 is 1.14 bits per heavy atom. The Balaban J connectivity index is 1.52. The van der Waals surface area contributed by atoms with Crippen molar-refractivity contribution in [3.63, 3.8) is 0 Å². The lowest BCUT2D eigenvalue weighted by atomic mass is 9.94. The van der Waals surface area contributed by atoms with Crippen molar-refractivity contribution in [3.05, 3.63) is 92.2 Å². The SMILES string of the molecule is CCCC(CNC(=O)COC(=O)/C=C/c1c(C)nn(Cc2ccccc2)c1Cl)c1ccc(Cl)cc1Cl. The minimum atomic E-state index is -0.651. The molecule has 1 aromatic heterocycles. The van der Waals surface area contributed by atoms with E-state index in [2.05, 4.69) is 17.3 Å². The van der Waals surface area contributed by atoms with Gasteiger partial charge in [-0.1, -0.05) is 84.5 Å². The average Bonchev–Trinajstić information content (AvgIpc) is 3.11. The van der Waals surface area contributed by atoms with Gasteiger partial charge in [-0.2, -0.15) is 5.10 Å². The number of nitrogens with zero attached hydrogens (tertiary/aromatic N) is 2. The van der Waals surface area contributed by atoms with Crippen LogP contribution in [-0.4, -0.2) is 34.8 Å². The molecule has 3 aromatic rings. The number of rotatable bonds is 11. The quantitative estimate of drug-likeness (QED) is 0.221. The fraction of sp³-hybridized carbons (Fsp3) is 0.296. The van der Waals surface area contributed by atoms with Crippen molar-refractivity contribution in [1.82, 2.24) is 15.1 Å². The molecule has 0 radical (unpaired) electrons. The van der Waals surface area contributed by atoms with Crippen LogP contribution in [0.15, 0.2) is 54.6 Å². The third-order valence-electron chi connectivity index (χ3n) is 5.60. The maximum atomic E-state index is 12.3. The van der Waals surface area contributed by atoms with Crippen molar-refractivity contribution in [3.8, 4) is 0 Å². The maximum Gasteiger partial charge on any atom is 0.331 e. The van der Waals surface area contributed by atoms with Gasteiger partial charge in [0.2, 0.25) is 0 Å². The van der Waals surface area contributed by atoms with Crippen molar-refractivity contribution < 1.29 is 14.3 Å². The van der Waals surface area contributed by atoms with Crippen molar-refractivity contribution in [1.29, 1.82) is 0 Å². The number of aromatic nitrogens is 2. The first-order valence-electron chi connectivity index (χ1n) is 11.6. The fourth-order valence-electron chi connectivity index (χ4n) is 3.79. The largest absolute Gasteiger partial charge is 0.452 e. The first kappa shape index (κ1) is 27.8. The number of nitrogens with one attached hydrogen (secondary N) is 1. The molecule has 0 fully saturated rings. The van der Waals surface area contributed by atoms with E-state index in [1.165, 1.54) is 6.08 Å². The zero-order valence-corrected chi connectivity index (χ0v) is 22.4. The summed E-state index contributed by atoms with van der Waals surface area (Å²) in [5.74, 6) is -1.02. The second-order valence-corrected chi connectivity index (χ2v) is 9.53. The molecule has 0 aliphatic carbocycles. The van der Waals surface area contributed by atoms with Crippen LogP contribution in [0.4, 0.5) is 0 Å². The Hall–Kier alpha value is -2.80. The molecule has 9 heteroatoms. The normalized spacial score (nSPS) is 12.0. The van der Waals surface area contributed by atoms with E-state index in [1.807, 2.05) is 43.3 Å². The number of aryl methyl sites for hydroxylation is 1. The lowest BCUT2D eigenvalue weighted by molar-refractivity contribution is -0.143. The highest BCUT2D eigenvalue weighted by Crippen LogP contribution is 2.30. The molecule has 1 heterocycles. The van der Waals surface area contributed by atoms with E-state index < -0.39 is 18.5 Å². The Bertz CT molecular complexity index is 1230. The molecular formula is C27H28Cl3N3O3. The molecule has 36 heavy (non-hydrogen) atoms. The standard InChI is InChI=1S/C27H28Cl3N3O3/c1-3-7-20(23-11-10-21(28)14-24(23)29)15-31-25(34)17-36-26(35)13-12-22-18(2)32-33(27(22)30)16-19-8-5-4-6-9-19/h4-6,8-14,20H,3,7,15-17H2,1-2H3,(H,31,34)/b13-12+. The van der Waals surface area contributed by atoms with Gasteiger partial charge in [0.05, 0.1) is 12.2 Å². The van der Waals surface area contributed by atoms with E-state index in [4.69, 9.17) is 39.5 Å². The smallest absolute Gasteiger partial charge is 0.331 e. The van der Waals surface area contributed by atoms with Gasteiger partial charge in [0, 0.05) is 34.1 Å². The number of amides is 1. The van der Waals surface area contributed by atoms with Gasteiger partial charge in [0.1, 0.15) is 5.15 Å². The van der Waals surface area contributed by atoms with Gasteiger partial charge in [-0.25, -0.2) is 9.48 Å². The molecule has 0 aliphatic heterocycles. The van der Waals surface area contributed by atoms with Gasteiger partial charge in [-0.15, -0.1) is 0 Å². The fourth-order valence-corrected chi connectivity index (χ4v) is 4.65. The first-order valence-corrected chi connectivity index (χ1v) is 12.7. The highest BCUT2D eigenvalue weighted by molar-refractivity contribution is 6.35. The second kappa shape index (κ2) is 13.5. The van der Waals surface area contributed by atoms with Crippen LogP contribution in [0, 0.1) is 6.92 Å². The third-order valence-corrected chi connectivity index (χ3v) is 6.56. The van der Waals surface area contributed by atoms with Crippen molar-refractivity contribution >= 4 is 52.8 Å². The van der Waals surface area contributed by atoms with Gasteiger partial charge in [0.25, 0.3) is 5.91 Å². The summed E-state index contributed by atoms with van der Waals surface area (Å²) in [6.45, 7) is 4.37. The molecule has 0 saturated carbocycles. The predicted molar refractivity (Wildman–Crippen MR) is 145 cm³/mol. The Morgan fingerprint density at radius 3 is 2.58 bits per heavy atom. The van der Waals surface area contributed by atoms with E-state index in [1.54, 1.807) is 22.9 Å². The number of ether oxygens (including phenoxy) is 1. The van der Waals surface area contributed by atoms with E-state index in [0.717, 1.165) is 24.0 Å². The van der Waals surface area contributed by atoms with E-state index in [0.29, 0.717) is 39.5 Å². The molecule has 1 unspecified atom stereocenters. The highest BCUT2D eigenvalue weighted by atomic mass is 35.5. The summed E-state index contributed by atoms with van der Waals surface area (Å²) >= 11 is 18.8. The Morgan fingerprint density at radius 2 is 1.89 bits per heavy atom. The summed E-state index contributed by atoms with van der Waals surface area (Å²) in [6.07, 6.45) is 4.54. The molecule has 1 atom stereocenters. The van der Waals surface area contributed by atoms with Crippen LogP contribution in [0.5, 0.6) is 0 Å². The number of esters is 1. The number of carbonyl (C=O) groups excluding carboxylic acids is 2. The van der Waals surface area contributed by atoms with Crippen LogP contribution in [0.1, 0.15) is 48.1 Å². The molecule has 6 nitrogen and oxygen atoms in total. The maximum absolute atomic E-state index is 12.3. The number of halogens is 3. The Kier molecular flexibility index (Phi) is 10.4. The zero-order chi connectivity index (χ0) is 26.1. The monoisotopic (exact) mass is 547 g/mol. The summed E-state index contributed by atoms with van der Waals surface area (Å²) in [4.78, 5) is 24.5. The minimum Gasteiger partial charge on any atom is -0.452 e. The van der Waals surface area contributed by atoms with Crippen LogP contribution >= 0.6 is 34.8 Å². The highest BCUT2D eigenvalue weighted by Gasteiger charge is 2.17. The van der Waals surface area contributed by atoms with Crippen molar-refractivity contribution in [2.75, 3.05) is 13.2 Å². The molecule has 190 valence electrons. The second-order valence-electron chi connectivity index (χ2n) is 8.33. The lowest BCUT2D eigenvalue weighted by Gasteiger charge is -2.19. The zero-order valence-electron chi connectivity index (χ0n) is 20.1. The van der Waals surface area contributed by atoms with Gasteiger partial charge in [-0.3, -0.25) is 4.79 Å². The van der Waals surface area contributed by atoms with Crippen LogP contribution in [0.3, 0.4) is 0 Å². The minimum absolute atomic E-state index is 0.0249. The van der Waals surface area contributed by atoms with Crippen LogP contribution in [-0.2, 0) is 20.9 Å². The molecule has 0 spiro atoms. The van der Waals surface area contributed by atoms with Gasteiger partial charge >= 0.3 is 5.97 Å². The number of benzene rings is 2. The topological polar surface area (TPSA) is 73.2 Å². The molecular weight excluding hydrogens is 521 g/mol. The molecule has 0 saturated heterocycles. The molecule has 0 aliphatic rings. The summed E-state index contributed by atoms with van der Waals surface area (Å²) in [6, 6.07) is 15.2. The van der Waals surface area contributed by atoms with Gasteiger partial charge in [-0.05, 0) is 42.7 Å². The molecule has 0 bridgehead atoms. The molecule has 1 N–H and O–H groups in total. The molecule has 3 rings (SSSR count). The summed E-state index contributed by atoms with van der Waals surface area (Å²) in [5.41, 5.74) is 3.28. The van der Waals surface area contributed by atoms with Crippen LogP contribution in [0.2, 0.25) is 15.2 Å². The first-order chi connectivity index (χ1) is 17.3. The van der Waals surface area contributed by atoms with Gasteiger partial charge in [0.15, 0.2) is 6.61 Å². The summed E-state index contributed by atoms with van der Waals surface area (Å²) in [7, 11) is 0. The number of hydrogen-bond donors (Lipinski definition) is 1. The Labute approximate surface area is 226 Å². The lowest BCUT2D eigenvalue weighted by Crippen LogP contribution is -2.32. The number of carbonyl (C=O) groups is 2. The third kappa shape index (κ3) is 7.85. The van der Waals surface area contributed by atoms with Crippen LogP contribution in [0.25, 0.3) is 6.08 Å². The van der Waals surface area contributed by atoms with Gasteiger partial charge < -0.3 is 10.1 Å². The number of hydrogen-bond acceptors (Lipinski definition) is 4. The average molecular weight is 549 g/mol. The summed E-state index contributed by atoms with van der Waals surface area (Å²) < 4.78 is 6.76. The molecule has 1 amide bonds. The van der Waals surface area contributed by atoms with Crippen molar-refractivity contribution in [2.45, 2.75) is 39.2 Å². The van der Waals surface area contributed by atoms with Crippen molar-refractivity contribution in [2.24, 2.45) is 0 Å². The predicted octanol–water partition coefficient (Wildman–Crippen LogP) is 6.46. The van der Waals surface area contributed by atoms with E-state index >= 15 is 0 Å². The van der Waals surface area contributed by atoms with Crippen LogP contribution < -0.4 is 5.32 Å². The molecule has 2 aromatic carbocycles. The van der Waals surface area contributed by atoms with E-state index in [-0.39, 0.29) is 5.92 Å².